The summed E-state index contributed by atoms with van der Waals surface area (Å²) in [6.07, 6.45) is 16.0. The van der Waals surface area contributed by atoms with Gasteiger partial charge in [0.1, 0.15) is 0 Å². The van der Waals surface area contributed by atoms with Crippen LogP contribution in [0.4, 0.5) is 0 Å². The van der Waals surface area contributed by atoms with Gasteiger partial charge < -0.3 is 24.8 Å². The molecule has 264 valence electrons. The predicted octanol–water partition coefficient (Wildman–Crippen LogP) is 6.48. The smallest absolute Gasteiger partial charge is 1.00 e. The van der Waals surface area contributed by atoms with Crippen molar-refractivity contribution in [1.29, 1.82) is 0 Å². The second kappa shape index (κ2) is 18.0. The SMILES string of the molecule is CCCCc1ccc(-c2cccc3c2C=C(c2ccccn2)[CH]3[Zr+2][CH]2C(c3ccccn3)=Cc3c(-c4ccc(CCCC)cc4)cccc32)cc1.[Cl-].[Cl-]. The molecular formula is C48H44Cl2N2Zr. The number of nitrogens with zero attached hydrogens (tertiary/aromatic N) is 2. The average Bonchev–Trinajstić information content (AvgIpc) is 3.76. The fourth-order valence-corrected chi connectivity index (χ4v) is 12.8. The molecule has 0 bridgehead atoms. The summed E-state index contributed by atoms with van der Waals surface area (Å²) < 4.78 is 0.707. The van der Waals surface area contributed by atoms with E-state index < -0.39 is 23.2 Å². The van der Waals surface area contributed by atoms with Crippen molar-refractivity contribution in [1.82, 2.24) is 9.97 Å². The molecule has 0 aliphatic heterocycles. The predicted molar refractivity (Wildman–Crippen MR) is 211 cm³/mol. The number of hydrogen-bond acceptors (Lipinski definition) is 2. The molecule has 2 unspecified atom stereocenters. The van der Waals surface area contributed by atoms with E-state index in [0.29, 0.717) is 7.25 Å². The van der Waals surface area contributed by atoms with Gasteiger partial charge in [-0.1, -0.05) is 0 Å². The molecule has 5 heteroatoms. The number of rotatable bonds is 12. The Kier molecular flexibility index (Phi) is 13.2. The maximum absolute atomic E-state index is 4.94. The van der Waals surface area contributed by atoms with E-state index in [9.17, 15) is 0 Å². The molecule has 2 aliphatic carbocycles. The van der Waals surface area contributed by atoms with Crippen molar-refractivity contribution < 1.29 is 48.0 Å². The van der Waals surface area contributed by atoms with E-state index in [1.54, 1.807) is 0 Å². The summed E-state index contributed by atoms with van der Waals surface area (Å²) in [5, 5.41) is 0. The van der Waals surface area contributed by atoms with E-state index >= 15 is 0 Å². The van der Waals surface area contributed by atoms with Crippen LogP contribution in [0, 0.1) is 0 Å². The Bertz CT molecular complexity index is 2040. The van der Waals surface area contributed by atoms with Crippen LogP contribution in [0.5, 0.6) is 0 Å². The Morgan fingerprint density at radius 1 is 0.491 bits per heavy atom. The second-order valence-corrected chi connectivity index (χ2v) is 17.5. The third-order valence-electron chi connectivity index (χ3n) is 10.5. The van der Waals surface area contributed by atoms with E-state index in [4.69, 9.17) is 9.97 Å². The minimum atomic E-state index is -1.28. The van der Waals surface area contributed by atoms with Crippen molar-refractivity contribution in [3.8, 4) is 22.3 Å². The Labute approximate surface area is 339 Å². The summed E-state index contributed by atoms with van der Waals surface area (Å²) in [6.45, 7) is 4.53. The first-order valence-corrected chi connectivity index (χ1v) is 21.5. The van der Waals surface area contributed by atoms with E-state index in [-0.39, 0.29) is 24.8 Å². The van der Waals surface area contributed by atoms with E-state index in [2.05, 4.69) is 135 Å². The largest absolute Gasteiger partial charge is 1.00 e. The van der Waals surface area contributed by atoms with Gasteiger partial charge in [0.2, 0.25) is 0 Å². The number of unbranched alkanes of at least 4 members (excludes halogenated alkanes) is 2. The Morgan fingerprint density at radius 3 is 1.30 bits per heavy atom. The summed E-state index contributed by atoms with van der Waals surface area (Å²) in [6, 6.07) is 45.3. The first-order valence-electron chi connectivity index (χ1n) is 18.7. The maximum atomic E-state index is 4.94. The van der Waals surface area contributed by atoms with Gasteiger partial charge in [-0.25, -0.2) is 0 Å². The Morgan fingerprint density at radius 2 is 0.925 bits per heavy atom. The van der Waals surface area contributed by atoms with Gasteiger partial charge in [-0.3, -0.25) is 0 Å². The molecule has 0 saturated carbocycles. The molecular weight excluding hydrogens is 767 g/mol. The van der Waals surface area contributed by atoms with Crippen LogP contribution in [-0.2, 0) is 36.1 Å². The van der Waals surface area contributed by atoms with Gasteiger partial charge >= 0.3 is 317 Å². The van der Waals surface area contributed by atoms with Crippen LogP contribution in [0.1, 0.15) is 91.6 Å². The molecule has 0 radical (unpaired) electrons. The Hall–Kier alpha value is -3.88. The molecule has 8 rings (SSSR count). The summed E-state index contributed by atoms with van der Waals surface area (Å²) in [5.41, 5.74) is 18.7. The normalized spacial score (nSPS) is 15.3. The number of fused-ring (bicyclic) bond motifs is 2. The quantitative estimate of drug-likeness (QED) is 0.142. The molecule has 6 aromatic rings. The fourth-order valence-electron chi connectivity index (χ4n) is 7.81. The maximum Gasteiger partial charge on any atom is -1.00 e. The minimum Gasteiger partial charge on any atom is -1.00 e. The standard InChI is InChI=1S/2C24H22N.2ClH.Zr/c2*1-2-3-7-18-11-13-19(14-12-18)22-9-6-8-20-16-21(17-23(20)22)24-10-4-5-15-25-24;;;/h2*4-6,8-17H,2-3,7H2,1H3;2*1H;/q;;;;+2/p-2. The molecule has 0 N–H and O–H groups in total. The van der Waals surface area contributed by atoms with E-state index in [0.717, 1.165) is 24.2 Å². The minimum absolute atomic E-state index is 0. The number of allylic oxidation sites excluding steroid dienone is 2. The van der Waals surface area contributed by atoms with Crippen LogP contribution >= 0.6 is 0 Å². The summed E-state index contributed by atoms with van der Waals surface area (Å²) in [4.78, 5) is 9.89. The zero-order valence-electron chi connectivity index (χ0n) is 30.4. The van der Waals surface area contributed by atoms with Crippen LogP contribution in [0.15, 0.2) is 134 Å². The van der Waals surface area contributed by atoms with Crippen LogP contribution in [0.3, 0.4) is 0 Å². The number of aromatic nitrogens is 2. The summed E-state index contributed by atoms with van der Waals surface area (Å²) >= 11 is -1.28. The van der Waals surface area contributed by atoms with Gasteiger partial charge in [0.25, 0.3) is 0 Å². The molecule has 53 heavy (non-hydrogen) atoms. The molecule has 0 fully saturated rings. The van der Waals surface area contributed by atoms with Gasteiger partial charge in [-0.2, -0.15) is 0 Å². The topological polar surface area (TPSA) is 25.8 Å². The average molecular weight is 811 g/mol. The van der Waals surface area contributed by atoms with Gasteiger partial charge in [0, 0.05) is 0 Å². The molecule has 0 saturated heterocycles. The van der Waals surface area contributed by atoms with E-state index in [1.807, 2.05) is 24.5 Å². The van der Waals surface area contributed by atoms with Crippen molar-refractivity contribution in [2.75, 3.05) is 0 Å². The second-order valence-electron chi connectivity index (χ2n) is 13.9. The first kappa shape index (κ1) is 38.8. The van der Waals surface area contributed by atoms with Crippen LogP contribution < -0.4 is 24.8 Å². The molecule has 0 amide bonds. The number of benzene rings is 4. The number of hydrogen-bond donors (Lipinski definition) is 0. The fraction of sp³-hybridized carbons (Fsp3) is 0.208. The monoisotopic (exact) mass is 808 g/mol. The van der Waals surface area contributed by atoms with Gasteiger partial charge in [-0.05, 0) is 0 Å². The van der Waals surface area contributed by atoms with E-state index in [1.165, 1.54) is 92.5 Å². The number of pyridine rings is 2. The zero-order chi connectivity index (χ0) is 34.6. The Balaban J connectivity index is 0.00000240. The molecule has 2 nitrogen and oxygen atoms in total. The van der Waals surface area contributed by atoms with Crippen LogP contribution in [-0.4, -0.2) is 9.97 Å². The molecule has 4 aromatic carbocycles. The summed E-state index contributed by atoms with van der Waals surface area (Å²) in [5.74, 6) is 0. The van der Waals surface area contributed by atoms with Gasteiger partial charge in [0.05, 0.1) is 0 Å². The van der Waals surface area contributed by atoms with Gasteiger partial charge in [-0.15, -0.1) is 0 Å². The molecule has 2 heterocycles. The number of aryl methyl sites for hydroxylation is 2. The number of halogens is 2. The van der Waals surface area contributed by atoms with Crippen molar-refractivity contribution >= 4 is 23.3 Å². The van der Waals surface area contributed by atoms with Crippen molar-refractivity contribution in [2.45, 2.75) is 59.6 Å². The van der Waals surface area contributed by atoms with Crippen molar-refractivity contribution in [3.05, 3.63) is 178 Å². The first-order chi connectivity index (χ1) is 25.2. The van der Waals surface area contributed by atoms with Crippen LogP contribution in [0.25, 0.3) is 45.6 Å². The molecule has 2 aliphatic rings. The molecule has 2 atom stereocenters. The van der Waals surface area contributed by atoms with Crippen molar-refractivity contribution in [2.24, 2.45) is 0 Å². The van der Waals surface area contributed by atoms with Crippen molar-refractivity contribution in [3.63, 3.8) is 0 Å². The molecule has 2 aromatic heterocycles. The molecule has 0 spiro atoms. The van der Waals surface area contributed by atoms with Gasteiger partial charge in [0.15, 0.2) is 0 Å². The third kappa shape index (κ3) is 8.14. The zero-order valence-corrected chi connectivity index (χ0v) is 34.4. The summed E-state index contributed by atoms with van der Waals surface area (Å²) in [7, 11) is 0. The van der Waals surface area contributed by atoms with Crippen LogP contribution in [0.2, 0.25) is 0 Å². The third-order valence-corrected chi connectivity index (χ3v) is 15.2.